The van der Waals surface area contributed by atoms with Crippen LogP contribution in [0.25, 0.3) is 0 Å². The van der Waals surface area contributed by atoms with E-state index in [2.05, 4.69) is 0 Å². The van der Waals surface area contributed by atoms with Crippen LogP contribution in [0.15, 0.2) is 0 Å². The average Bonchev–Trinajstić information content (AvgIpc) is 1.45. The summed E-state index contributed by atoms with van der Waals surface area (Å²) in [7, 11) is -14.4. The van der Waals surface area contributed by atoms with Crippen LogP contribution < -0.4 is 39.0 Å². The van der Waals surface area contributed by atoms with Gasteiger partial charge in [-0.1, -0.05) is 0 Å². The van der Waals surface area contributed by atoms with Crippen LogP contribution in [0.1, 0.15) is 0 Å². The Morgan fingerprint density at radius 2 is 0.611 bits per heavy atom. The molecule has 0 aliphatic carbocycles. The molecule has 0 aliphatic rings. The molecule has 0 amide bonds. The zero-order chi connectivity index (χ0) is 12.6. The molecule has 0 rings (SSSR count). The van der Waals surface area contributed by atoms with Crippen LogP contribution in [0, 0.1) is 0 Å². The molecule has 0 saturated carbocycles. The fraction of sp³-hybridized carbons (Fsp3) is 0. The molecule has 0 heterocycles. The van der Waals surface area contributed by atoms with Crippen molar-refractivity contribution in [1.82, 2.24) is 0 Å². The summed E-state index contributed by atoms with van der Waals surface area (Å²) < 4.78 is 25.6. The van der Waals surface area contributed by atoms with Crippen LogP contribution in [0.2, 0.25) is 0 Å². The molecule has 0 atom stereocenters. The van der Waals surface area contributed by atoms with Gasteiger partial charge in [0.2, 0.25) is 0 Å². The average molecular weight is 426 g/mol. The quantitative estimate of drug-likeness (QED) is 0.260. The fourth-order valence-electron chi connectivity index (χ4n) is 0. The second-order valence-corrected chi connectivity index (χ2v) is 3.43. The Morgan fingerprint density at radius 3 is 0.611 bits per heavy atom. The number of phosphoric acid groups is 2. The van der Waals surface area contributed by atoms with Gasteiger partial charge in [-0.2, -0.15) is 15.6 Å². The molecular weight excluding hydrogens is 426 g/mol. The predicted octanol–water partition coefficient (Wildman–Crippen LogP) is -10.1. The molecule has 0 saturated heterocycles. The maximum Gasteiger partial charge on any atom is 2.00 e. The van der Waals surface area contributed by atoms with Crippen molar-refractivity contribution in [3.8, 4) is 0 Å². The summed E-state index contributed by atoms with van der Waals surface area (Å²) in [5.41, 5.74) is 0. The van der Waals surface area contributed by atoms with Crippen molar-refractivity contribution in [2.75, 3.05) is 0 Å². The van der Waals surface area contributed by atoms with Gasteiger partial charge in [0, 0.05) is 9.17 Å². The SMILES string of the molecule is O=P([O-])([O-])[O-].O=P([O-])([O-])[O-].O=[Si]([O-])[O-].[Ca+2].[Ca+2].[Ca+2].[Ca+2]. The Balaban J connectivity index is -0.0000000183. The molecule has 0 radical (unpaired) electrons. The third-order valence-electron chi connectivity index (χ3n) is 0. The summed E-state index contributed by atoms with van der Waals surface area (Å²) in [6, 6.07) is 0. The Labute approximate surface area is 223 Å². The second kappa shape index (κ2) is 24.1. The van der Waals surface area contributed by atoms with Crippen molar-refractivity contribution in [3.63, 3.8) is 0 Å². The third-order valence-corrected chi connectivity index (χ3v) is 0. The number of rotatable bonds is 0. The van der Waals surface area contributed by atoms with Crippen LogP contribution in [0.4, 0.5) is 0 Å². The van der Waals surface area contributed by atoms with Crippen LogP contribution in [-0.2, 0) is 13.6 Å². The summed E-state index contributed by atoms with van der Waals surface area (Å²) in [6.45, 7) is 0. The van der Waals surface area contributed by atoms with E-state index in [0.29, 0.717) is 0 Å². The Kier molecular flexibility index (Phi) is 58.2. The summed E-state index contributed by atoms with van der Waals surface area (Å²) in [5, 5.41) is 0. The smallest absolute Gasteiger partial charge is 0.822 e. The zero-order valence-corrected chi connectivity index (χ0v) is 20.3. The fourth-order valence-corrected chi connectivity index (χ4v) is 0. The summed E-state index contributed by atoms with van der Waals surface area (Å²) in [5.74, 6) is 0. The predicted molar refractivity (Wildman–Crippen MR) is 44.7 cm³/mol. The van der Waals surface area contributed by atoms with Crippen molar-refractivity contribution in [2.24, 2.45) is 0 Å². The minimum atomic E-state index is -5.39. The minimum Gasteiger partial charge on any atom is -0.822 e. The zero-order valence-electron chi connectivity index (χ0n) is 8.71. The van der Waals surface area contributed by atoms with E-state index in [-0.39, 0.29) is 151 Å². The molecule has 0 aliphatic heterocycles. The molecule has 0 bridgehead atoms. The van der Waals surface area contributed by atoms with Crippen LogP contribution in [0.5, 0.6) is 0 Å². The molecule has 0 fully saturated rings. The van der Waals surface area contributed by atoms with Gasteiger partial charge in [0.1, 0.15) is 0 Å². The van der Waals surface area contributed by atoms with Gasteiger partial charge in [-0.05, 0) is 0 Å². The second-order valence-electron chi connectivity index (χ2n) is 1.14. The summed E-state index contributed by atoms with van der Waals surface area (Å²) in [4.78, 5) is 68.3. The van der Waals surface area contributed by atoms with Crippen LogP contribution in [-0.4, -0.2) is 160 Å². The van der Waals surface area contributed by atoms with Gasteiger partial charge in [0.05, 0.1) is 0 Å². The van der Waals surface area contributed by atoms with Gasteiger partial charge in [0.15, 0.2) is 0 Å². The largest absolute Gasteiger partial charge is 2.00 e. The van der Waals surface area contributed by atoms with Crippen molar-refractivity contribution in [2.45, 2.75) is 0 Å². The van der Waals surface area contributed by atoms with Crippen LogP contribution >= 0.6 is 15.6 Å². The van der Waals surface area contributed by atoms with E-state index in [1.54, 1.807) is 0 Å². The normalized spacial score (nSPS) is 7.89. The van der Waals surface area contributed by atoms with Gasteiger partial charge >= 0.3 is 151 Å². The number of hydrogen-bond donors (Lipinski definition) is 0. The van der Waals surface area contributed by atoms with E-state index in [1.165, 1.54) is 0 Å². The van der Waals surface area contributed by atoms with Gasteiger partial charge in [-0.15, -0.1) is 0 Å². The third kappa shape index (κ3) is 347. The molecule has 0 spiro atoms. The molecule has 0 N–H and O–H groups in total. The molecule has 0 aromatic heterocycles. The molecule has 0 unspecified atom stereocenters. The monoisotopic (exact) mass is 426 g/mol. The molecule has 0 aromatic rings. The van der Waals surface area contributed by atoms with Crippen molar-refractivity contribution in [3.05, 3.63) is 0 Å². The van der Waals surface area contributed by atoms with Crippen molar-refractivity contribution >= 4 is 176 Å². The molecule has 0 aromatic carbocycles. The Morgan fingerprint density at radius 1 is 0.611 bits per heavy atom. The van der Waals surface area contributed by atoms with E-state index >= 15 is 0 Å². The molecule has 18 heteroatoms. The minimum absolute atomic E-state index is 0. The number of hydrogen-bond acceptors (Lipinski definition) is 11. The molecular formula is Ca4O11P2Si. The van der Waals surface area contributed by atoms with Gasteiger partial charge in [-0.3, -0.25) is 0 Å². The Bertz CT molecular complexity index is 203. The summed E-state index contributed by atoms with van der Waals surface area (Å²) >= 11 is 0. The molecule has 88 valence electrons. The Hall–Kier alpha value is 4.88. The molecule has 18 heavy (non-hydrogen) atoms. The topological polar surface area (TPSA) is 236 Å². The van der Waals surface area contributed by atoms with Gasteiger partial charge in [0.25, 0.3) is 0 Å². The van der Waals surface area contributed by atoms with E-state index in [9.17, 15) is 0 Å². The van der Waals surface area contributed by atoms with E-state index in [4.69, 9.17) is 52.5 Å². The van der Waals surface area contributed by atoms with Crippen molar-refractivity contribution < 1.29 is 52.5 Å². The first-order valence-electron chi connectivity index (χ1n) is 2.07. The first-order valence-corrected chi connectivity index (χ1v) is 6.22. The van der Waals surface area contributed by atoms with E-state index < -0.39 is 24.8 Å². The van der Waals surface area contributed by atoms with Crippen LogP contribution in [0.3, 0.4) is 0 Å². The molecule has 11 nitrogen and oxygen atoms in total. The maximum atomic E-state index is 8.55. The first kappa shape index (κ1) is 43.4. The maximum absolute atomic E-state index is 8.55. The van der Waals surface area contributed by atoms with Crippen molar-refractivity contribution in [1.29, 1.82) is 0 Å². The summed E-state index contributed by atoms with van der Waals surface area (Å²) in [6.07, 6.45) is 0. The van der Waals surface area contributed by atoms with Gasteiger partial charge < -0.3 is 52.5 Å². The standard InChI is InChI=1S/4Ca.2H3O4P.O3Si/c;;;;2*1-5(2,3)4;1-4(2)3/h;;;;2*(H3,1,2,3,4);/q4*+2;;;-2/p-6. The van der Waals surface area contributed by atoms with E-state index in [0.717, 1.165) is 0 Å². The van der Waals surface area contributed by atoms with E-state index in [1.807, 2.05) is 0 Å². The van der Waals surface area contributed by atoms with Gasteiger partial charge in [-0.25, -0.2) is 0 Å². The first-order chi connectivity index (χ1) is 5.73.